The minimum atomic E-state index is -0.144. The molecule has 0 bridgehead atoms. The van der Waals surface area contributed by atoms with E-state index in [0.29, 0.717) is 0 Å². The molecule has 0 N–H and O–H groups in total. The topological polar surface area (TPSA) is 16.2 Å². The van der Waals surface area contributed by atoms with Crippen LogP contribution in [0.3, 0.4) is 0 Å². The molecule has 0 spiro atoms. The summed E-state index contributed by atoms with van der Waals surface area (Å²) in [5, 5.41) is 0. The first-order chi connectivity index (χ1) is 46.1. The van der Waals surface area contributed by atoms with Gasteiger partial charge >= 0.3 is 0 Å². The Balaban J connectivity index is 0.916. The van der Waals surface area contributed by atoms with Crippen molar-refractivity contribution in [3.63, 3.8) is 0 Å². The predicted octanol–water partition coefficient (Wildman–Crippen LogP) is 19.1. The average Bonchev–Trinajstić information content (AvgIpc) is 0.693. The van der Waals surface area contributed by atoms with Crippen molar-refractivity contribution in [2.24, 2.45) is 0 Å². The number of rotatable bonds is 11. The van der Waals surface area contributed by atoms with E-state index < -0.39 is 0 Å². The SMILES string of the molecule is Cc1ccccc1N1c2cc3c(cc2B2c4ccccc4N(c4ccccc4)c4cc(N(c5ccc(-c6ccccc6)cc5)c5ccccc5-c5ccccc5)cc1c42)B1c2ccccc2N(c2ccccc2)c2cc(N(c4ccccc4)c4ccccc4)cc(c21)S3. The van der Waals surface area contributed by atoms with Crippen LogP contribution in [0, 0.1) is 6.92 Å². The van der Waals surface area contributed by atoms with Gasteiger partial charge in [-0.1, -0.05) is 242 Å². The molecular weight excluding hydrogens is 1140 g/mol. The Kier molecular flexibility index (Phi) is 13.2. The number of aryl methyl sites for hydroxylation is 1. The van der Waals surface area contributed by atoms with Gasteiger partial charge < -0.3 is 24.5 Å². The molecule has 0 unspecified atom stereocenters. The van der Waals surface area contributed by atoms with Gasteiger partial charge in [0.15, 0.2) is 0 Å². The highest BCUT2D eigenvalue weighted by Crippen LogP contribution is 2.52. The number of hydrogen-bond acceptors (Lipinski definition) is 6. The van der Waals surface area contributed by atoms with Gasteiger partial charge in [0.2, 0.25) is 6.71 Å². The van der Waals surface area contributed by atoms with Crippen molar-refractivity contribution >= 4 is 143 Å². The molecule has 0 radical (unpaired) electrons. The van der Waals surface area contributed by atoms with E-state index in [1.807, 2.05) is 11.8 Å². The monoisotopic (exact) mass is 1200 g/mol. The molecule has 0 aromatic heterocycles. The summed E-state index contributed by atoms with van der Waals surface area (Å²) in [4.78, 5) is 15.1. The average molecular weight is 1200 g/mol. The standard InChI is InChI=1S/C85H59B2N5S/c1-58-28-20-24-44-74(58)92-78-57-82-73(87-71-43-23-27-47-77(71)91(65-39-18-7-19-40-65)81-54-68(55-83(93-82)85(81)87)88(62-33-12-4-13-34-62)63-35-14-5-15-36-63)56-72(78)86-70-42-22-26-46-76(70)90(64-37-16-6-17-38-64)79-52-67(53-80(92)84(79)86)89(66-50-48-60(49-51-66)59-29-8-2-9-30-59)75-45-25-21-41-69(75)61-31-10-3-11-32-61/h2-57H,1H3. The van der Waals surface area contributed by atoms with Crippen LogP contribution in [0.4, 0.5) is 85.3 Å². The lowest BCUT2D eigenvalue weighted by Crippen LogP contribution is -2.64. The van der Waals surface area contributed by atoms with Crippen LogP contribution in [0.25, 0.3) is 22.3 Å². The first-order valence-electron chi connectivity index (χ1n) is 32.1. The van der Waals surface area contributed by atoms with Gasteiger partial charge in [0.25, 0.3) is 6.71 Å². The van der Waals surface area contributed by atoms with Crippen LogP contribution in [-0.4, -0.2) is 13.4 Å². The molecule has 5 nitrogen and oxygen atoms in total. The van der Waals surface area contributed by atoms with E-state index in [4.69, 9.17) is 0 Å². The maximum atomic E-state index is 2.64. The van der Waals surface area contributed by atoms with Gasteiger partial charge in [-0.15, -0.1) is 0 Å². The molecule has 14 aromatic carbocycles. The summed E-state index contributed by atoms with van der Waals surface area (Å²) in [6.45, 7) is 2.05. The Morgan fingerprint density at radius 1 is 0.269 bits per heavy atom. The zero-order valence-corrected chi connectivity index (χ0v) is 51.9. The summed E-state index contributed by atoms with van der Waals surface area (Å²) in [5.74, 6) is 0. The van der Waals surface area contributed by atoms with E-state index in [0.717, 1.165) is 79.4 Å². The van der Waals surface area contributed by atoms with Gasteiger partial charge in [-0.05, 0) is 172 Å². The first-order valence-corrected chi connectivity index (χ1v) is 32.9. The fourth-order valence-corrected chi connectivity index (χ4v) is 16.4. The molecule has 4 heterocycles. The number of fused-ring (bicyclic) bond motifs is 8. The highest BCUT2D eigenvalue weighted by molar-refractivity contribution is 8.00. The maximum Gasteiger partial charge on any atom is 0.252 e. The summed E-state index contributed by atoms with van der Waals surface area (Å²) in [6, 6.07) is 126. The molecule has 0 amide bonds. The fraction of sp³-hybridized carbons (Fsp3) is 0.0118. The largest absolute Gasteiger partial charge is 0.311 e. The van der Waals surface area contributed by atoms with E-state index in [-0.39, 0.29) is 13.4 Å². The van der Waals surface area contributed by atoms with Crippen LogP contribution in [0.2, 0.25) is 0 Å². The maximum absolute atomic E-state index is 2.64. The molecule has 14 aromatic rings. The molecule has 18 rings (SSSR count). The molecule has 8 heteroatoms. The second-order valence-corrected chi connectivity index (χ2v) is 25.5. The van der Waals surface area contributed by atoms with E-state index in [1.54, 1.807) is 0 Å². The Morgan fingerprint density at radius 3 is 1.30 bits per heavy atom. The van der Waals surface area contributed by atoms with Crippen molar-refractivity contribution in [1.82, 2.24) is 0 Å². The second kappa shape index (κ2) is 22.5. The molecule has 0 fully saturated rings. The van der Waals surface area contributed by atoms with Crippen LogP contribution in [0.15, 0.2) is 350 Å². The van der Waals surface area contributed by atoms with Crippen LogP contribution in [0.5, 0.6) is 0 Å². The molecule has 0 saturated heterocycles. The Labute approximate surface area is 548 Å². The molecule has 0 saturated carbocycles. The molecule has 4 aliphatic rings. The highest BCUT2D eigenvalue weighted by Gasteiger charge is 2.48. The number of hydrogen-bond donors (Lipinski definition) is 0. The molecule has 0 aliphatic carbocycles. The zero-order valence-electron chi connectivity index (χ0n) is 51.1. The van der Waals surface area contributed by atoms with Crippen molar-refractivity contribution in [2.75, 3.05) is 24.5 Å². The third-order valence-electron chi connectivity index (χ3n) is 19.1. The van der Waals surface area contributed by atoms with Gasteiger partial charge in [-0.3, -0.25) is 0 Å². The lowest BCUT2D eigenvalue weighted by Gasteiger charge is -2.46. The minimum Gasteiger partial charge on any atom is -0.311 e. The third-order valence-corrected chi connectivity index (χ3v) is 20.3. The first kappa shape index (κ1) is 54.5. The van der Waals surface area contributed by atoms with Crippen molar-refractivity contribution < 1.29 is 0 Å². The minimum absolute atomic E-state index is 0.0787. The van der Waals surface area contributed by atoms with Crippen LogP contribution in [0.1, 0.15) is 5.56 Å². The summed E-state index contributed by atoms with van der Waals surface area (Å²) in [7, 11) is 0. The van der Waals surface area contributed by atoms with Gasteiger partial charge in [-0.25, -0.2) is 0 Å². The predicted molar refractivity (Wildman–Crippen MR) is 395 cm³/mol. The molecule has 93 heavy (non-hydrogen) atoms. The van der Waals surface area contributed by atoms with Crippen molar-refractivity contribution in [3.8, 4) is 22.3 Å². The fourth-order valence-electron chi connectivity index (χ4n) is 15.1. The lowest BCUT2D eigenvalue weighted by atomic mass is 9.31. The summed E-state index contributed by atoms with van der Waals surface area (Å²) in [5.41, 5.74) is 30.4. The summed E-state index contributed by atoms with van der Waals surface area (Å²) < 4.78 is 0. The molecule has 4 aliphatic heterocycles. The van der Waals surface area contributed by atoms with Gasteiger partial charge in [0.05, 0.1) is 11.4 Å². The number of nitrogens with zero attached hydrogens (tertiary/aromatic N) is 5. The van der Waals surface area contributed by atoms with E-state index >= 15 is 0 Å². The third kappa shape index (κ3) is 9.04. The van der Waals surface area contributed by atoms with Gasteiger partial charge in [0, 0.05) is 89.3 Å². The van der Waals surface area contributed by atoms with E-state index in [2.05, 4.69) is 371 Å². The Morgan fingerprint density at radius 2 is 0.710 bits per heavy atom. The van der Waals surface area contributed by atoms with Crippen LogP contribution < -0.4 is 57.3 Å². The Bertz CT molecular complexity index is 5130. The van der Waals surface area contributed by atoms with Crippen molar-refractivity contribution in [2.45, 2.75) is 16.7 Å². The highest BCUT2D eigenvalue weighted by atomic mass is 32.2. The van der Waals surface area contributed by atoms with Crippen LogP contribution >= 0.6 is 11.8 Å². The quantitative estimate of drug-likeness (QED) is 0.119. The van der Waals surface area contributed by atoms with E-state index in [1.165, 1.54) is 76.3 Å². The number of anilines is 15. The van der Waals surface area contributed by atoms with Gasteiger partial charge in [-0.2, -0.15) is 0 Å². The molecule has 436 valence electrons. The normalized spacial score (nSPS) is 12.8. The van der Waals surface area contributed by atoms with Crippen molar-refractivity contribution in [1.29, 1.82) is 0 Å². The lowest BCUT2D eigenvalue weighted by molar-refractivity contribution is 1.21. The van der Waals surface area contributed by atoms with Crippen molar-refractivity contribution in [3.05, 3.63) is 345 Å². The number of benzene rings is 14. The second-order valence-electron chi connectivity index (χ2n) is 24.4. The molecular formula is C85H59B2N5S. The zero-order chi connectivity index (χ0) is 61.5. The Hall–Kier alpha value is -11.4. The summed E-state index contributed by atoms with van der Waals surface area (Å²) >= 11 is 1.91. The van der Waals surface area contributed by atoms with E-state index in [9.17, 15) is 0 Å². The van der Waals surface area contributed by atoms with Gasteiger partial charge in [0.1, 0.15) is 0 Å². The number of para-hydroxylation sites is 8. The molecule has 0 atom stereocenters. The van der Waals surface area contributed by atoms with Crippen LogP contribution in [-0.2, 0) is 0 Å². The summed E-state index contributed by atoms with van der Waals surface area (Å²) in [6.07, 6.45) is 0. The smallest absolute Gasteiger partial charge is 0.252 e.